The fourth-order valence-corrected chi connectivity index (χ4v) is 2.40. The Morgan fingerprint density at radius 3 is 2.52 bits per heavy atom. The third-order valence-electron chi connectivity index (χ3n) is 2.62. The molecular formula is C13H15F4NO2S. The average Bonchev–Trinajstić information content (AvgIpc) is 2.35. The Labute approximate surface area is 123 Å². The number of thioether (sulfide) groups is 1. The van der Waals surface area contributed by atoms with Crippen molar-refractivity contribution in [3.05, 3.63) is 35.1 Å². The Bertz CT molecular complexity index is 517. The zero-order valence-electron chi connectivity index (χ0n) is 11.4. The van der Waals surface area contributed by atoms with E-state index in [-0.39, 0.29) is 12.6 Å². The summed E-state index contributed by atoms with van der Waals surface area (Å²) in [6, 6.07) is 1.83. The molecule has 0 saturated heterocycles. The highest BCUT2D eigenvalue weighted by Gasteiger charge is 2.36. The fraction of sp³-hybridized carbons (Fsp3) is 0.462. The molecule has 0 spiro atoms. The average molecular weight is 325 g/mol. The van der Waals surface area contributed by atoms with E-state index >= 15 is 0 Å². The molecule has 1 aromatic rings. The summed E-state index contributed by atoms with van der Waals surface area (Å²) in [4.78, 5) is 11.8. The van der Waals surface area contributed by atoms with Crippen molar-refractivity contribution in [2.24, 2.45) is 0 Å². The smallest absolute Gasteiger partial charge is 0.387 e. The molecule has 1 atom stereocenters. The van der Waals surface area contributed by atoms with Crippen LogP contribution in [-0.2, 0) is 6.18 Å². The Morgan fingerprint density at radius 2 is 2.00 bits per heavy atom. The zero-order valence-corrected chi connectivity index (χ0v) is 12.2. The first kappa shape index (κ1) is 17.8. The molecule has 1 aromatic carbocycles. The zero-order chi connectivity index (χ0) is 16.3. The first-order valence-corrected chi connectivity index (χ1v) is 7.32. The van der Waals surface area contributed by atoms with Crippen molar-refractivity contribution in [2.45, 2.75) is 18.7 Å². The number of aliphatic hydroxyl groups is 1. The van der Waals surface area contributed by atoms with Gasteiger partial charge in [-0.1, -0.05) is 0 Å². The third-order valence-corrected chi connectivity index (χ3v) is 3.53. The Balaban J connectivity index is 2.93. The predicted octanol–water partition coefficient (Wildman–Crippen LogP) is 2.69. The standard InChI is InChI=1S/C13H15F4NO2S/c1-12(20,7-21-2)6-18-11(19)9-4-3-8(14)5-10(9)13(15,16)17/h3-5,20H,6-7H2,1-2H3,(H,18,19). The van der Waals surface area contributed by atoms with E-state index in [4.69, 9.17) is 0 Å². The number of benzene rings is 1. The molecule has 0 heterocycles. The summed E-state index contributed by atoms with van der Waals surface area (Å²) in [6.07, 6.45) is -3.09. The van der Waals surface area contributed by atoms with Crippen LogP contribution in [0.5, 0.6) is 0 Å². The lowest BCUT2D eigenvalue weighted by atomic mass is 10.1. The number of rotatable bonds is 5. The van der Waals surface area contributed by atoms with Crippen LogP contribution in [0.3, 0.4) is 0 Å². The molecule has 21 heavy (non-hydrogen) atoms. The molecule has 0 aromatic heterocycles. The van der Waals surface area contributed by atoms with E-state index in [1.54, 1.807) is 6.26 Å². The molecule has 0 aliphatic heterocycles. The van der Waals surface area contributed by atoms with Gasteiger partial charge in [-0.25, -0.2) is 4.39 Å². The van der Waals surface area contributed by atoms with E-state index in [0.717, 1.165) is 12.1 Å². The number of halogens is 4. The molecular weight excluding hydrogens is 310 g/mol. The summed E-state index contributed by atoms with van der Waals surface area (Å²) in [5, 5.41) is 12.1. The van der Waals surface area contributed by atoms with Gasteiger partial charge < -0.3 is 10.4 Å². The van der Waals surface area contributed by atoms with Gasteiger partial charge in [-0.05, 0) is 31.4 Å². The molecule has 3 nitrogen and oxygen atoms in total. The largest absolute Gasteiger partial charge is 0.417 e. The molecule has 0 bridgehead atoms. The van der Waals surface area contributed by atoms with Crippen molar-refractivity contribution < 1.29 is 27.5 Å². The van der Waals surface area contributed by atoms with E-state index < -0.39 is 34.6 Å². The van der Waals surface area contributed by atoms with Crippen LogP contribution in [0.2, 0.25) is 0 Å². The van der Waals surface area contributed by atoms with E-state index in [1.807, 2.05) is 0 Å². The molecule has 0 aliphatic rings. The SMILES string of the molecule is CSCC(C)(O)CNC(=O)c1ccc(F)cc1C(F)(F)F. The van der Waals surface area contributed by atoms with Crippen molar-refractivity contribution >= 4 is 17.7 Å². The number of amides is 1. The highest BCUT2D eigenvalue weighted by molar-refractivity contribution is 7.98. The van der Waals surface area contributed by atoms with Crippen LogP contribution >= 0.6 is 11.8 Å². The number of carbonyl (C=O) groups excluding carboxylic acids is 1. The van der Waals surface area contributed by atoms with Crippen molar-refractivity contribution in [3.8, 4) is 0 Å². The minimum Gasteiger partial charge on any atom is -0.387 e. The molecule has 0 saturated carbocycles. The normalized spacial score (nSPS) is 14.6. The third kappa shape index (κ3) is 5.20. The number of nitrogens with one attached hydrogen (secondary N) is 1. The molecule has 1 rings (SSSR count). The number of carbonyl (C=O) groups is 1. The Hall–Kier alpha value is -1.28. The maximum Gasteiger partial charge on any atom is 0.417 e. The summed E-state index contributed by atoms with van der Waals surface area (Å²) in [5.74, 6) is -1.78. The minimum atomic E-state index is -4.84. The summed E-state index contributed by atoms with van der Waals surface area (Å²) in [6.45, 7) is 1.25. The van der Waals surface area contributed by atoms with Crippen molar-refractivity contribution in [1.29, 1.82) is 0 Å². The first-order valence-electron chi connectivity index (χ1n) is 5.93. The molecule has 0 aliphatic carbocycles. The molecule has 0 fully saturated rings. The second-order valence-electron chi connectivity index (χ2n) is 4.80. The van der Waals surface area contributed by atoms with Gasteiger partial charge in [0.1, 0.15) is 5.82 Å². The topological polar surface area (TPSA) is 49.3 Å². The van der Waals surface area contributed by atoms with Crippen LogP contribution in [0, 0.1) is 5.82 Å². The number of alkyl halides is 3. The fourth-order valence-electron chi connectivity index (χ4n) is 1.68. The molecule has 8 heteroatoms. The van der Waals surface area contributed by atoms with Crippen LogP contribution in [0.25, 0.3) is 0 Å². The summed E-state index contributed by atoms with van der Waals surface area (Å²) in [7, 11) is 0. The van der Waals surface area contributed by atoms with Gasteiger partial charge >= 0.3 is 6.18 Å². The molecule has 0 radical (unpaired) electrons. The Kier molecular flexibility index (Phi) is 5.63. The van der Waals surface area contributed by atoms with Crippen LogP contribution < -0.4 is 5.32 Å². The van der Waals surface area contributed by atoms with Gasteiger partial charge in [0, 0.05) is 12.3 Å². The summed E-state index contributed by atoms with van der Waals surface area (Å²) < 4.78 is 51.3. The van der Waals surface area contributed by atoms with Gasteiger partial charge in [0.05, 0.1) is 16.7 Å². The van der Waals surface area contributed by atoms with Gasteiger partial charge in [-0.3, -0.25) is 4.79 Å². The van der Waals surface area contributed by atoms with Crippen LogP contribution in [0.1, 0.15) is 22.8 Å². The van der Waals surface area contributed by atoms with E-state index in [9.17, 15) is 27.5 Å². The monoisotopic (exact) mass is 325 g/mol. The van der Waals surface area contributed by atoms with Crippen LogP contribution in [0.4, 0.5) is 17.6 Å². The van der Waals surface area contributed by atoms with Gasteiger partial charge in [0.15, 0.2) is 0 Å². The van der Waals surface area contributed by atoms with Crippen molar-refractivity contribution in [2.75, 3.05) is 18.6 Å². The van der Waals surface area contributed by atoms with E-state index in [2.05, 4.69) is 5.32 Å². The summed E-state index contributed by atoms with van der Waals surface area (Å²) >= 11 is 1.33. The summed E-state index contributed by atoms with van der Waals surface area (Å²) in [5.41, 5.74) is -3.26. The molecule has 118 valence electrons. The van der Waals surface area contributed by atoms with Crippen molar-refractivity contribution in [3.63, 3.8) is 0 Å². The lowest BCUT2D eigenvalue weighted by Gasteiger charge is -2.23. The lowest BCUT2D eigenvalue weighted by molar-refractivity contribution is -0.138. The van der Waals surface area contributed by atoms with Crippen molar-refractivity contribution in [1.82, 2.24) is 5.32 Å². The second kappa shape index (κ2) is 6.65. The van der Waals surface area contributed by atoms with E-state index in [1.165, 1.54) is 18.7 Å². The molecule has 1 unspecified atom stereocenters. The Morgan fingerprint density at radius 1 is 1.38 bits per heavy atom. The number of hydrogen-bond donors (Lipinski definition) is 2. The molecule has 1 amide bonds. The van der Waals surface area contributed by atoms with Gasteiger partial charge in [0.25, 0.3) is 5.91 Å². The number of hydrogen-bond acceptors (Lipinski definition) is 3. The highest BCUT2D eigenvalue weighted by atomic mass is 32.2. The maximum atomic E-state index is 12.9. The quantitative estimate of drug-likeness (QED) is 0.819. The van der Waals surface area contributed by atoms with Gasteiger partial charge in [-0.2, -0.15) is 24.9 Å². The van der Waals surface area contributed by atoms with E-state index in [0.29, 0.717) is 5.75 Å². The lowest BCUT2D eigenvalue weighted by Crippen LogP contribution is -2.42. The highest BCUT2D eigenvalue weighted by Crippen LogP contribution is 2.32. The first-order chi connectivity index (χ1) is 9.57. The minimum absolute atomic E-state index is 0.207. The van der Waals surface area contributed by atoms with Gasteiger partial charge in [0.2, 0.25) is 0 Å². The van der Waals surface area contributed by atoms with Crippen LogP contribution in [0.15, 0.2) is 18.2 Å². The maximum absolute atomic E-state index is 12.9. The van der Waals surface area contributed by atoms with Gasteiger partial charge in [-0.15, -0.1) is 0 Å². The predicted molar refractivity (Wildman–Crippen MR) is 72.7 cm³/mol. The van der Waals surface area contributed by atoms with Crippen LogP contribution in [-0.4, -0.2) is 35.2 Å². The molecule has 2 N–H and O–H groups in total. The second-order valence-corrected chi connectivity index (χ2v) is 5.67.